The second kappa shape index (κ2) is 8.60. The van der Waals surface area contributed by atoms with Crippen molar-refractivity contribution < 1.29 is 18.1 Å². The van der Waals surface area contributed by atoms with E-state index >= 15 is 0 Å². The van der Waals surface area contributed by atoms with E-state index in [1.165, 1.54) is 19.2 Å². The summed E-state index contributed by atoms with van der Waals surface area (Å²) in [7, 11) is -0.497. The van der Waals surface area contributed by atoms with Gasteiger partial charge >= 0.3 is 0 Å². The van der Waals surface area contributed by atoms with Gasteiger partial charge in [-0.05, 0) is 56.6 Å². The predicted octanol–water partition coefficient (Wildman–Crippen LogP) is 4.95. The molecule has 0 fully saturated rings. The minimum atomic E-state index is -2.00. The second-order valence-corrected chi connectivity index (χ2v) is 15.9. The molecule has 0 aliphatic rings. The van der Waals surface area contributed by atoms with Crippen LogP contribution in [0.5, 0.6) is 5.75 Å². The molecule has 1 aromatic rings. The maximum Gasteiger partial charge on any atom is 0.192 e. The standard InChI is InChI=1S/C19H34FNO3SSi/c1-18(2,3)25(22)21-17(13-24-26(8,9)19(4,5)6)14-10-15(20)12-16(11-14)23-7/h10-12,17,21H,13H2,1-9H3/t17?,25-/m0/s1. The van der Waals surface area contributed by atoms with Gasteiger partial charge in [0.15, 0.2) is 8.32 Å². The number of hydrogen-bond donors (Lipinski definition) is 1. The van der Waals surface area contributed by atoms with Gasteiger partial charge in [0.25, 0.3) is 0 Å². The summed E-state index contributed by atoms with van der Waals surface area (Å²) in [4.78, 5) is 0. The third-order valence-corrected chi connectivity index (χ3v) is 10.9. The Morgan fingerprint density at radius 3 is 2.19 bits per heavy atom. The molecule has 0 aliphatic carbocycles. The van der Waals surface area contributed by atoms with Crippen molar-refractivity contribution in [1.29, 1.82) is 0 Å². The maximum absolute atomic E-state index is 14.0. The van der Waals surface area contributed by atoms with Crippen molar-refractivity contribution in [1.82, 2.24) is 4.72 Å². The van der Waals surface area contributed by atoms with Crippen molar-refractivity contribution in [3.8, 4) is 5.75 Å². The smallest absolute Gasteiger partial charge is 0.192 e. The van der Waals surface area contributed by atoms with Crippen LogP contribution >= 0.6 is 0 Å². The van der Waals surface area contributed by atoms with Crippen LogP contribution in [0.3, 0.4) is 0 Å². The van der Waals surface area contributed by atoms with Crippen LogP contribution < -0.4 is 9.46 Å². The van der Waals surface area contributed by atoms with E-state index in [0.29, 0.717) is 17.9 Å². The fraction of sp³-hybridized carbons (Fsp3) is 0.684. The Labute approximate surface area is 162 Å². The van der Waals surface area contributed by atoms with E-state index in [4.69, 9.17) is 9.16 Å². The second-order valence-electron chi connectivity index (χ2n) is 9.05. The summed E-state index contributed by atoms with van der Waals surface area (Å²) in [6.45, 7) is 16.8. The Kier molecular flexibility index (Phi) is 7.76. The normalized spacial score (nSPS) is 15.7. The number of hydrogen-bond acceptors (Lipinski definition) is 4. The molecule has 0 aromatic heterocycles. The van der Waals surface area contributed by atoms with Crippen LogP contribution in [0.25, 0.3) is 0 Å². The third-order valence-electron chi connectivity index (χ3n) is 4.75. The molecular weight excluding hydrogens is 369 g/mol. The molecule has 4 nitrogen and oxygen atoms in total. The molecule has 0 saturated carbocycles. The molecule has 1 aromatic carbocycles. The summed E-state index contributed by atoms with van der Waals surface area (Å²) in [6, 6.07) is 4.13. The Balaban J connectivity index is 3.13. The van der Waals surface area contributed by atoms with Gasteiger partial charge in [0, 0.05) is 17.4 Å². The van der Waals surface area contributed by atoms with Crippen LogP contribution in [0.15, 0.2) is 18.2 Å². The van der Waals surface area contributed by atoms with Crippen LogP contribution in [0, 0.1) is 5.82 Å². The fourth-order valence-corrected chi connectivity index (χ4v) is 3.75. The van der Waals surface area contributed by atoms with Crippen molar-refractivity contribution in [2.75, 3.05) is 13.7 Å². The molecule has 1 rings (SSSR count). The van der Waals surface area contributed by atoms with Gasteiger partial charge in [-0.25, -0.2) is 4.39 Å². The first-order chi connectivity index (χ1) is 11.7. The molecule has 1 N–H and O–H groups in total. The number of nitrogens with one attached hydrogen (secondary N) is 1. The molecule has 0 bridgehead atoms. The summed E-state index contributed by atoms with van der Waals surface area (Å²) in [5, 5.41) is 0.0559. The first-order valence-electron chi connectivity index (χ1n) is 8.84. The lowest BCUT2D eigenvalue weighted by Crippen LogP contribution is -2.46. The highest BCUT2D eigenvalue weighted by Gasteiger charge is 2.38. The Bertz CT molecular complexity index is 599. The lowest BCUT2D eigenvalue weighted by Gasteiger charge is -2.37. The lowest BCUT2D eigenvalue weighted by atomic mass is 10.1. The van der Waals surface area contributed by atoms with Gasteiger partial charge in [-0.2, -0.15) is 0 Å². The molecule has 1 unspecified atom stereocenters. The van der Waals surface area contributed by atoms with E-state index in [-0.39, 0.29) is 10.9 Å². The summed E-state index contributed by atoms with van der Waals surface area (Å²) < 4.78 is 40.8. The molecule has 0 heterocycles. The zero-order valence-electron chi connectivity index (χ0n) is 17.5. The zero-order chi connectivity index (χ0) is 20.3. The van der Waals surface area contributed by atoms with E-state index in [1.54, 1.807) is 6.07 Å². The predicted molar refractivity (Wildman–Crippen MR) is 110 cm³/mol. The summed E-state index contributed by atoms with van der Waals surface area (Å²) in [5.74, 6) is 0.0423. The average Bonchev–Trinajstić information content (AvgIpc) is 2.48. The van der Waals surface area contributed by atoms with Gasteiger partial charge in [0.05, 0.1) is 19.8 Å². The fourth-order valence-electron chi connectivity index (χ4n) is 1.92. The Hall–Kier alpha value is -0.603. The molecular formula is C19H34FNO3SSi. The molecule has 150 valence electrons. The maximum atomic E-state index is 14.0. The quantitative estimate of drug-likeness (QED) is 0.517. The van der Waals surface area contributed by atoms with Crippen molar-refractivity contribution in [3.63, 3.8) is 0 Å². The van der Waals surface area contributed by atoms with E-state index in [1.807, 2.05) is 20.8 Å². The van der Waals surface area contributed by atoms with Gasteiger partial charge in [0.2, 0.25) is 0 Å². The van der Waals surface area contributed by atoms with E-state index in [0.717, 1.165) is 0 Å². The highest BCUT2D eigenvalue weighted by Crippen LogP contribution is 2.37. The molecule has 2 atom stereocenters. The van der Waals surface area contributed by atoms with E-state index < -0.39 is 30.5 Å². The molecule has 0 aliphatic heterocycles. The molecule has 0 amide bonds. The molecule has 0 saturated heterocycles. The van der Waals surface area contributed by atoms with Crippen LogP contribution in [-0.2, 0) is 15.8 Å². The largest absolute Gasteiger partial charge is 0.598 e. The molecule has 26 heavy (non-hydrogen) atoms. The van der Waals surface area contributed by atoms with Crippen molar-refractivity contribution in [2.24, 2.45) is 0 Å². The van der Waals surface area contributed by atoms with Crippen LogP contribution in [-0.4, -0.2) is 31.3 Å². The minimum absolute atomic E-state index is 0.0559. The van der Waals surface area contributed by atoms with E-state index in [2.05, 4.69) is 38.6 Å². The third kappa shape index (κ3) is 6.53. The summed E-state index contributed by atoms with van der Waals surface area (Å²) >= 11 is -1.31. The number of ether oxygens (including phenoxy) is 1. The molecule has 7 heteroatoms. The van der Waals surface area contributed by atoms with Gasteiger partial charge in [-0.3, -0.25) is 0 Å². The van der Waals surface area contributed by atoms with E-state index in [9.17, 15) is 8.94 Å². The van der Waals surface area contributed by atoms with Crippen molar-refractivity contribution in [3.05, 3.63) is 29.6 Å². The highest BCUT2D eigenvalue weighted by atomic mass is 32.2. The SMILES string of the molecule is COc1cc(F)cc(C(CO[Si](C)(C)C(C)(C)C)N[S@@+]([O-])C(C)(C)C)c1. The Morgan fingerprint density at radius 2 is 1.73 bits per heavy atom. The highest BCUT2D eigenvalue weighted by molar-refractivity contribution is 7.90. The van der Waals surface area contributed by atoms with Crippen LogP contribution in [0.4, 0.5) is 4.39 Å². The van der Waals surface area contributed by atoms with Crippen LogP contribution in [0.1, 0.15) is 53.1 Å². The van der Waals surface area contributed by atoms with Gasteiger partial charge in [-0.1, -0.05) is 20.8 Å². The lowest BCUT2D eigenvalue weighted by molar-refractivity contribution is 0.255. The van der Waals surface area contributed by atoms with Crippen LogP contribution in [0.2, 0.25) is 18.1 Å². The monoisotopic (exact) mass is 403 g/mol. The number of rotatable bonds is 7. The van der Waals surface area contributed by atoms with Gasteiger partial charge in [-0.15, -0.1) is 4.72 Å². The molecule has 0 radical (unpaired) electrons. The summed E-state index contributed by atoms with van der Waals surface area (Å²) in [5.41, 5.74) is 0.665. The van der Waals surface area contributed by atoms with Crippen molar-refractivity contribution in [2.45, 2.75) is 70.5 Å². The average molecular weight is 404 g/mol. The Morgan fingerprint density at radius 1 is 1.15 bits per heavy atom. The van der Waals surface area contributed by atoms with Gasteiger partial charge < -0.3 is 13.7 Å². The number of benzene rings is 1. The number of halogens is 1. The van der Waals surface area contributed by atoms with Crippen molar-refractivity contribution >= 4 is 19.7 Å². The minimum Gasteiger partial charge on any atom is -0.598 e. The first kappa shape index (κ1) is 23.4. The summed E-state index contributed by atoms with van der Waals surface area (Å²) in [6.07, 6.45) is 0. The topological polar surface area (TPSA) is 53.5 Å². The first-order valence-corrected chi connectivity index (χ1v) is 12.9. The zero-order valence-corrected chi connectivity index (χ0v) is 19.3. The molecule has 0 spiro atoms. The number of methoxy groups -OCH3 is 1. The van der Waals surface area contributed by atoms with Gasteiger partial charge in [0.1, 0.15) is 16.3 Å².